The van der Waals surface area contributed by atoms with Gasteiger partial charge in [0.05, 0.1) is 19.8 Å². The number of hydrogen-bond acceptors (Lipinski definition) is 15. The van der Waals surface area contributed by atoms with Crippen LogP contribution in [0.1, 0.15) is 162 Å². The molecule has 376 valence electrons. The number of rotatable bonds is 37. The van der Waals surface area contributed by atoms with Crippen LogP contribution >= 0.6 is 0 Å². The Morgan fingerprint density at radius 1 is 0.492 bits per heavy atom. The van der Waals surface area contributed by atoms with Crippen molar-refractivity contribution in [1.29, 1.82) is 0 Å². The van der Waals surface area contributed by atoms with Crippen LogP contribution in [-0.2, 0) is 38.0 Å². The molecule has 0 aliphatic carbocycles. The zero-order chi connectivity index (χ0) is 47.5. The Kier molecular flexibility index (Phi) is 33.7. The lowest BCUT2D eigenvalue weighted by atomic mass is 9.98. The lowest BCUT2D eigenvalue weighted by Gasteiger charge is -2.42. The fraction of sp³-hybridized carbons (Fsp3) is 0.800. The van der Waals surface area contributed by atoms with Gasteiger partial charge in [-0.2, -0.15) is 0 Å². The number of unbranched alkanes of at least 4 members (excludes halogenated alkanes) is 15. The molecule has 0 aromatic heterocycles. The highest BCUT2D eigenvalue weighted by Crippen LogP contribution is 2.26. The Hall–Kier alpha value is -2.54. The third-order valence-corrected chi connectivity index (χ3v) is 11.6. The molecule has 7 N–H and O–H groups in total. The first-order valence-electron chi connectivity index (χ1n) is 24.7. The van der Waals surface area contributed by atoms with Gasteiger partial charge in [-0.05, 0) is 57.8 Å². The van der Waals surface area contributed by atoms with Crippen molar-refractivity contribution in [2.75, 3.05) is 26.4 Å². The van der Waals surface area contributed by atoms with Crippen molar-refractivity contribution in [2.24, 2.45) is 0 Å². The first-order valence-corrected chi connectivity index (χ1v) is 24.7. The lowest BCUT2D eigenvalue weighted by Crippen LogP contribution is -2.61. The molecule has 11 atom stereocenters. The molecule has 0 bridgehead atoms. The average Bonchev–Trinajstić information content (AvgIpc) is 3.30. The van der Waals surface area contributed by atoms with E-state index in [1.807, 2.05) is 0 Å². The quantitative estimate of drug-likeness (QED) is 0.0205. The zero-order valence-corrected chi connectivity index (χ0v) is 39.5. The highest BCUT2D eigenvalue weighted by Gasteiger charge is 2.47. The third kappa shape index (κ3) is 26.0. The SMILES string of the molecule is CCCCC/C=C/C/C=C/C/C=C/C/C=C/CCCCCC(=O)O[C@H](COC(=O)CCCCCCCCCCCC)CO[C@H]1O[C@@H](CO[C@H]2O[C@@H](CO)[C@@H](O)C(O)C2O)[C@@H](O)C(O)C1O. The van der Waals surface area contributed by atoms with Crippen LogP contribution in [0.4, 0.5) is 0 Å². The lowest BCUT2D eigenvalue weighted by molar-refractivity contribution is -0.332. The molecular weight excluding hydrogens is 841 g/mol. The van der Waals surface area contributed by atoms with Gasteiger partial charge in [0.15, 0.2) is 18.7 Å². The molecular formula is C50H86O15. The molecule has 2 aliphatic rings. The van der Waals surface area contributed by atoms with Crippen LogP contribution in [0.3, 0.4) is 0 Å². The van der Waals surface area contributed by atoms with Gasteiger partial charge in [-0.15, -0.1) is 0 Å². The summed E-state index contributed by atoms with van der Waals surface area (Å²) >= 11 is 0. The average molecular weight is 927 g/mol. The standard InChI is InChI=1S/C50H86O15/c1-3-5-7-9-11-13-15-16-17-18-19-20-21-22-23-25-27-29-31-33-42(53)63-38(35-60-41(52)32-30-28-26-24-14-12-10-8-6-4-2)36-61-49-48(59)46(57)44(55)40(65-49)37-62-50-47(58)45(56)43(54)39(34-51)64-50/h11,13,16-17,19-20,22-23,38-40,43-51,54-59H,3-10,12,14-15,18,21,24-37H2,1-2H3/b13-11+,17-16+,20-19+,23-22+/t38-,39+,40+,43-,44-,45?,46?,47?,48?,49+,50+/m1/s1. The second kappa shape index (κ2) is 37.4. The number of carbonyl (C=O) groups is 2. The summed E-state index contributed by atoms with van der Waals surface area (Å²) in [5, 5.41) is 71.9. The number of aliphatic hydroxyl groups excluding tert-OH is 7. The smallest absolute Gasteiger partial charge is 0.306 e. The summed E-state index contributed by atoms with van der Waals surface area (Å²) in [4.78, 5) is 25.6. The van der Waals surface area contributed by atoms with E-state index in [1.165, 1.54) is 57.8 Å². The molecule has 4 unspecified atom stereocenters. The van der Waals surface area contributed by atoms with Gasteiger partial charge >= 0.3 is 11.9 Å². The highest BCUT2D eigenvalue weighted by molar-refractivity contribution is 5.70. The number of hydrogen-bond donors (Lipinski definition) is 7. The maximum atomic E-state index is 13.0. The summed E-state index contributed by atoms with van der Waals surface area (Å²) < 4.78 is 33.5. The van der Waals surface area contributed by atoms with Gasteiger partial charge < -0.3 is 64.2 Å². The first-order chi connectivity index (χ1) is 31.5. The zero-order valence-electron chi connectivity index (χ0n) is 39.5. The molecule has 2 fully saturated rings. The molecule has 15 nitrogen and oxygen atoms in total. The summed E-state index contributed by atoms with van der Waals surface area (Å²) in [6.45, 7) is 2.50. The van der Waals surface area contributed by atoms with E-state index in [9.17, 15) is 45.3 Å². The maximum Gasteiger partial charge on any atom is 0.306 e. The summed E-state index contributed by atoms with van der Waals surface area (Å²) in [6, 6.07) is 0. The predicted octanol–water partition coefficient (Wildman–Crippen LogP) is 6.32. The fourth-order valence-electron chi connectivity index (χ4n) is 7.43. The predicted molar refractivity (Wildman–Crippen MR) is 247 cm³/mol. The van der Waals surface area contributed by atoms with Crippen LogP contribution in [-0.4, -0.2) is 142 Å². The molecule has 0 spiro atoms. The topological polar surface area (TPSA) is 231 Å². The molecule has 0 amide bonds. The normalized spacial score (nSPS) is 26.8. The van der Waals surface area contributed by atoms with Crippen molar-refractivity contribution in [1.82, 2.24) is 0 Å². The molecule has 0 radical (unpaired) electrons. The summed E-state index contributed by atoms with van der Waals surface area (Å²) in [5.41, 5.74) is 0. The fourth-order valence-corrected chi connectivity index (χ4v) is 7.43. The first kappa shape index (κ1) is 58.6. The molecule has 2 rings (SSSR count). The van der Waals surface area contributed by atoms with E-state index in [0.717, 1.165) is 64.2 Å². The third-order valence-electron chi connectivity index (χ3n) is 11.6. The molecule has 0 aromatic rings. The molecule has 2 heterocycles. The number of aliphatic hydroxyl groups is 7. The number of esters is 2. The van der Waals surface area contributed by atoms with Crippen molar-refractivity contribution in [3.8, 4) is 0 Å². The Morgan fingerprint density at radius 2 is 0.923 bits per heavy atom. The largest absolute Gasteiger partial charge is 0.462 e. The Bertz CT molecular complexity index is 1320. The van der Waals surface area contributed by atoms with Crippen LogP contribution in [0.15, 0.2) is 48.6 Å². The molecule has 2 saturated heterocycles. The van der Waals surface area contributed by atoms with Crippen molar-refractivity contribution >= 4 is 11.9 Å². The number of ether oxygens (including phenoxy) is 6. The number of carbonyl (C=O) groups excluding carboxylic acids is 2. The van der Waals surface area contributed by atoms with Gasteiger partial charge in [0.1, 0.15) is 55.4 Å². The summed E-state index contributed by atoms with van der Waals surface area (Å²) in [7, 11) is 0. The van der Waals surface area contributed by atoms with Crippen molar-refractivity contribution in [2.45, 2.75) is 229 Å². The van der Waals surface area contributed by atoms with E-state index in [2.05, 4.69) is 62.5 Å². The summed E-state index contributed by atoms with van der Waals surface area (Å²) in [5.74, 6) is -0.964. The van der Waals surface area contributed by atoms with Gasteiger partial charge in [-0.3, -0.25) is 9.59 Å². The Balaban J connectivity index is 1.83. The molecule has 0 saturated carbocycles. The second-order valence-electron chi connectivity index (χ2n) is 17.3. The van der Waals surface area contributed by atoms with E-state index >= 15 is 0 Å². The minimum atomic E-state index is -1.77. The minimum Gasteiger partial charge on any atom is -0.462 e. The maximum absolute atomic E-state index is 13.0. The second-order valence-corrected chi connectivity index (χ2v) is 17.3. The monoisotopic (exact) mass is 927 g/mol. The van der Waals surface area contributed by atoms with Gasteiger partial charge in [-0.25, -0.2) is 0 Å². The van der Waals surface area contributed by atoms with Gasteiger partial charge in [0, 0.05) is 12.8 Å². The molecule has 15 heteroatoms. The van der Waals surface area contributed by atoms with Crippen LogP contribution in [0.25, 0.3) is 0 Å². The van der Waals surface area contributed by atoms with Crippen molar-refractivity contribution in [3.05, 3.63) is 48.6 Å². The van der Waals surface area contributed by atoms with Gasteiger partial charge in [0.25, 0.3) is 0 Å². The van der Waals surface area contributed by atoms with Crippen LogP contribution in [0.2, 0.25) is 0 Å². The van der Waals surface area contributed by atoms with E-state index < -0.39 is 99.3 Å². The van der Waals surface area contributed by atoms with Gasteiger partial charge in [-0.1, -0.05) is 140 Å². The highest BCUT2D eigenvalue weighted by atomic mass is 16.7. The summed E-state index contributed by atoms with van der Waals surface area (Å²) in [6.07, 6.45) is 22.9. The molecule has 65 heavy (non-hydrogen) atoms. The van der Waals surface area contributed by atoms with Crippen LogP contribution in [0, 0.1) is 0 Å². The van der Waals surface area contributed by atoms with Crippen LogP contribution < -0.4 is 0 Å². The van der Waals surface area contributed by atoms with E-state index in [1.54, 1.807) is 0 Å². The molecule has 2 aliphatic heterocycles. The van der Waals surface area contributed by atoms with Gasteiger partial charge in [0.2, 0.25) is 0 Å². The Morgan fingerprint density at radius 3 is 1.48 bits per heavy atom. The van der Waals surface area contributed by atoms with Crippen molar-refractivity contribution < 1.29 is 73.8 Å². The number of allylic oxidation sites excluding steroid dienone is 8. The Labute approximate surface area is 388 Å². The van der Waals surface area contributed by atoms with E-state index in [0.29, 0.717) is 12.8 Å². The van der Waals surface area contributed by atoms with Crippen molar-refractivity contribution in [3.63, 3.8) is 0 Å². The van der Waals surface area contributed by atoms with E-state index in [4.69, 9.17) is 28.4 Å². The minimum absolute atomic E-state index is 0.127. The van der Waals surface area contributed by atoms with Crippen LogP contribution in [0.5, 0.6) is 0 Å². The van der Waals surface area contributed by atoms with E-state index in [-0.39, 0.29) is 19.4 Å². The molecule has 0 aromatic carbocycles.